The molecule has 0 heterocycles. The predicted molar refractivity (Wildman–Crippen MR) is 147 cm³/mol. The van der Waals surface area contributed by atoms with Gasteiger partial charge < -0.3 is 37.2 Å². The Morgan fingerprint density at radius 1 is 0.410 bits per heavy atom. The van der Waals surface area contributed by atoms with Gasteiger partial charge in [-0.15, -0.1) is 86.9 Å². The van der Waals surface area contributed by atoms with Crippen molar-refractivity contribution in [3.8, 4) is 0 Å². The van der Waals surface area contributed by atoms with E-state index in [2.05, 4.69) is 130 Å². The first-order chi connectivity index (χ1) is 16.2. The molecule has 6 rings (SSSR count). The summed E-state index contributed by atoms with van der Waals surface area (Å²) in [5, 5.41) is 8.33. The smallest absolute Gasteiger partial charge is 1.00 e. The van der Waals surface area contributed by atoms with Crippen LogP contribution in [0.3, 0.4) is 0 Å². The number of benzene rings is 3. The first kappa shape index (κ1) is 43.0. The zero-order valence-electron chi connectivity index (χ0n) is 22.6. The number of hydrogen-bond acceptors (Lipinski definition) is 0. The van der Waals surface area contributed by atoms with Crippen molar-refractivity contribution in [3.63, 3.8) is 0 Å². The fourth-order valence-electron chi connectivity index (χ4n) is 4.61. The number of aryl methyl sites for hydroxylation is 3. The second-order valence-corrected chi connectivity index (χ2v) is 8.40. The van der Waals surface area contributed by atoms with Gasteiger partial charge in [0, 0.05) is 0 Å². The van der Waals surface area contributed by atoms with Crippen LogP contribution in [0.5, 0.6) is 0 Å². The summed E-state index contributed by atoms with van der Waals surface area (Å²) < 4.78 is 0. The van der Waals surface area contributed by atoms with Crippen molar-refractivity contribution >= 4 is 32.3 Å². The van der Waals surface area contributed by atoms with E-state index in [0.717, 1.165) is 19.3 Å². The van der Waals surface area contributed by atoms with E-state index in [1.54, 1.807) is 0 Å². The van der Waals surface area contributed by atoms with Crippen molar-refractivity contribution in [1.29, 1.82) is 0 Å². The van der Waals surface area contributed by atoms with Crippen LogP contribution in [0.4, 0.5) is 0 Å². The second kappa shape index (κ2) is 22.1. The first-order valence-corrected chi connectivity index (χ1v) is 12.1. The van der Waals surface area contributed by atoms with Crippen LogP contribution in [0.1, 0.15) is 37.5 Å². The summed E-state index contributed by atoms with van der Waals surface area (Å²) in [5.74, 6) is 0. The van der Waals surface area contributed by atoms with Crippen molar-refractivity contribution < 1.29 is 102 Å². The van der Waals surface area contributed by atoms with Crippen LogP contribution in [0, 0.1) is 0 Å². The Labute approximate surface area is 297 Å². The minimum atomic E-state index is 0. The van der Waals surface area contributed by atoms with Crippen molar-refractivity contribution in [2.45, 2.75) is 40.0 Å². The van der Waals surface area contributed by atoms with Gasteiger partial charge in [-0.2, -0.15) is 36.4 Å². The molecule has 6 aromatic rings. The minimum Gasteiger partial charge on any atom is -1.00 e. The van der Waals surface area contributed by atoms with E-state index < -0.39 is 0 Å². The maximum absolute atomic E-state index is 2.20. The summed E-state index contributed by atoms with van der Waals surface area (Å²) in [4.78, 5) is 0. The van der Waals surface area contributed by atoms with Crippen LogP contribution in [0.15, 0.2) is 109 Å². The molecule has 0 radical (unpaired) electrons. The zero-order chi connectivity index (χ0) is 23.0. The fraction of sp³-hybridized carbons (Fsp3) is 0.182. The van der Waals surface area contributed by atoms with Gasteiger partial charge in [0.05, 0.1) is 0 Å². The molecule has 198 valence electrons. The third-order valence-corrected chi connectivity index (χ3v) is 6.45. The van der Waals surface area contributed by atoms with Gasteiger partial charge in [-0.25, -0.2) is 0 Å². The number of halogens is 3. The number of fused-ring (bicyclic) bond motifs is 3. The van der Waals surface area contributed by atoms with Crippen molar-refractivity contribution in [2.75, 3.05) is 0 Å². The molecule has 0 atom stereocenters. The second-order valence-electron chi connectivity index (χ2n) is 8.40. The van der Waals surface area contributed by atoms with Crippen LogP contribution in [0.25, 0.3) is 32.3 Å². The quantitative estimate of drug-likeness (QED) is 0.188. The molecule has 0 unspecified atom stereocenters. The van der Waals surface area contributed by atoms with Gasteiger partial charge in [-0.1, -0.05) is 55.7 Å². The minimum absolute atomic E-state index is 0. The molecule has 39 heavy (non-hydrogen) atoms. The first-order valence-electron chi connectivity index (χ1n) is 12.1. The van der Waals surface area contributed by atoms with E-state index in [0.29, 0.717) is 0 Å². The maximum atomic E-state index is 2.20. The van der Waals surface area contributed by atoms with E-state index in [-0.39, 0.29) is 102 Å². The standard InChI is InChI=1S/3C11H11.3ClH.3Ti/c3*1-2-9-5-3-6-10-7-4-8-11(9)10;;;;;;/h3*3-8H,2H2,1H3;3*1H;;;/q3*-1;;;;3*+2/p-3. The number of hydrogen-bond donors (Lipinski definition) is 0. The van der Waals surface area contributed by atoms with E-state index in [1.165, 1.54) is 49.0 Å². The Morgan fingerprint density at radius 3 is 0.897 bits per heavy atom. The SMILES string of the molecule is CCc1cccc2[cH-]ccc12.CCc1cccc2[cH-]ccc12.CCc1cccc2[cH-]ccc12.[Cl-].[Cl-].[Cl-].[Ti+2].[Ti+2].[Ti+2]. The third-order valence-electron chi connectivity index (χ3n) is 6.45. The van der Waals surface area contributed by atoms with Gasteiger partial charge >= 0.3 is 65.2 Å². The monoisotopic (exact) mass is 678 g/mol. The molecule has 0 amide bonds. The molecular weight excluding hydrogens is 646 g/mol. The van der Waals surface area contributed by atoms with E-state index in [9.17, 15) is 0 Å². The Morgan fingerprint density at radius 2 is 0.667 bits per heavy atom. The van der Waals surface area contributed by atoms with Gasteiger partial charge in [0.25, 0.3) is 0 Å². The van der Waals surface area contributed by atoms with Crippen molar-refractivity contribution in [2.24, 2.45) is 0 Å². The Hall–Kier alpha value is -0.497. The normalized spacial score (nSPS) is 9.00. The van der Waals surface area contributed by atoms with Gasteiger partial charge in [0.2, 0.25) is 0 Å². The molecule has 0 N–H and O–H groups in total. The molecule has 6 aromatic carbocycles. The number of rotatable bonds is 3. The summed E-state index contributed by atoms with van der Waals surface area (Å²) in [6, 6.07) is 38.8. The van der Waals surface area contributed by atoms with Crippen molar-refractivity contribution in [3.05, 3.63) is 126 Å². The summed E-state index contributed by atoms with van der Waals surface area (Å²) in [5.41, 5.74) is 4.35. The Bertz CT molecular complexity index is 1270. The zero-order valence-corrected chi connectivity index (χ0v) is 29.6. The molecule has 0 aliphatic carbocycles. The van der Waals surface area contributed by atoms with Crippen molar-refractivity contribution in [1.82, 2.24) is 0 Å². The molecule has 0 nitrogen and oxygen atoms in total. The molecule has 0 aliphatic heterocycles. The molecule has 0 spiro atoms. The molecule has 0 fully saturated rings. The van der Waals surface area contributed by atoms with Crippen LogP contribution >= 0.6 is 0 Å². The molecule has 0 aliphatic rings. The van der Waals surface area contributed by atoms with E-state index >= 15 is 0 Å². The van der Waals surface area contributed by atoms with Crippen LogP contribution in [0.2, 0.25) is 0 Å². The van der Waals surface area contributed by atoms with E-state index in [1.807, 2.05) is 0 Å². The fourth-order valence-corrected chi connectivity index (χ4v) is 4.61. The van der Waals surface area contributed by atoms with Gasteiger partial charge in [-0.05, 0) is 19.3 Å². The molecular formula is C33H33Cl3Ti3. The molecule has 0 saturated heterocycles. The van der Waals surface area contributed by atoms with Gasteiger partial charge in [0.15, 0.2) is 0 Å². The van der Waals surface area contributed by atoms with Crippen LogP contribution < -0.4 is 37.2 Å². The molecule has 0 aromatic heterocycles. The summed E-state index contributed by atoms with van der Waals surface area (Å²) >= 11 is 0. The maximum Gasteiger partial charge on any atom is 2.00 e. The summed E-state index contributed by atoms with van der Waals surface area (Å²) in [7, 11) is 0. The van der Waals surface area contributed by atoms with E-state index in [4.69, 9.17) is 0 Å². The summed E-state index contributed by atoms with van der Waals surface area (Å²) in [6.45, 7) is 6.59. The molecule has 6 heteroatoms. The predicted octanol–water partition coefficient (Wildman–Crippen LogP) is 0.368. The third kappa shape index (κ3) is 11.0. The van der Waals surface area contributed by atoms with Gasteiger partial charge in [-0.3, -0.25) is 0 Å². The summed E-state index contributed by atoms with van der Waals surface area (Å²) in [6.07, 6.45) is 3.38. The average Bonchev–Trinajstić information content (AvgIpc) is 3.63. The Kier molecular flexibility index (Phi) is 24.4. The van der Waals surface area contributed by atoms with Crippen LogP contribution in [-0.4, -0.2) is 0 Å². The average molecular weight is 680 g/mol. The van der Waals surface area contributed by atoms with Crippen LogP contribution in [-0.2, 0) is 84.4 Å². The topological polar surface area (TPSA) is 0 Å². The molecule has 0 bridgehead atoms. The van der Waals surface area contributed by atoms with Gasteiger partial charge in [0.1, 0.15) is 0 Å². The largest absolute Gasteiger partial charge is 2.00 e. The molecule has 0 saturated carbocycles. The Balaban J connectivity index is -0.000000463.